The third-order valence-corrected chi connectivity index (χ3v) is 6.00. The predicted octanol–water partition coefficient (Wildman–Crippen LogP) is 6.64. The molecule has 0 nitrogen and oxygen atoms in total. The van der Waals surface area contributed by atoms with Gasteiger partial charge in [-0.05, 0) is 48.8 Å². The Kier molecular flexibility index (Phi) is 6.90. The molecule has 2 heteroatoms. The lowest BCUT2D eigenvalue weighted by molar-refractivity contribution is 0.256. The molecule has 0 radical (unpaired) electrons. The van der Waals surface area contributed by atoms with Crippen LogP contribution in [0.4, 0.5) is 0 Å². The van der Waals surface area contributed by atoms with Crippen LogP contribution in [0, 0.1) is 11.8 Å². The first-order valence-corrected chi connectivity index (χ1v) is 9.37. The summed E-state index contributed by atoms with van der Waals surface area (Å²) >= 11 is 10.00. The molecular formula is C18H26BrCl. The lowest BCUT2D eigenvalue weighted by Crippen LogP contribution is -2.23. The lowest BCUT2D eigenvalue weighted by atomic mass is 9.78. The summed E-state index contributed by atoms with van der Waals surface area (Å²) < 4.78 is 0. The zero-order chi connectivity index (χ0) is 14.4. The lowest BCUT2D eigenvalue weighted by Gasteiger charge is -2.31. The minimum absolute atomic E-state index is 0.605. The first-order valence-electron chi connectivity index (χ1n) is 8.07. The van der Waals surface area contributed by atoms with Crippen molar-refractivity contribution in [2.75, 3.05) is 0 Å². The molecule has 1 aromatic rings. The van der Waals surface area contributed by atoms with Crippen LogP contribution < -0.4 is 0 Å². The highest BCUT2D eigenvalue weighted by molar-refractivity contribution is 9.09. The van der Waals surface area contributed by atoms with Crippen LogP contribution in [-0.4, -0.2) is 4.83 Å². The Morgan fingerprint density at radius 1 is 1.25 bits per heavy atom. The molecule has 0 saturated heterocycles. The first-order chi connectivity index (χ1) is 9.69. The third kappa shape index (κ3) is 5.07. The van der Waals surface area contributed by atoms with Gasteiger partial charge in [0, 0.05) is 9.85 Å². The van der Waals surface area contributed by atoms with Crippen molar-refractivity contribution in [2.24, 2.45) is 11.8 Å². The number of halogens is 2. The van der Waals surface area contributed by atoms with Crippen molar-refractivity contribution in [3.8, 4) is 0 Å². The highest BCUT2D eigenvalue weighted by atomic mass is 79.9. The summed E-state index contributed by atoms with van der Waals surface area (Å²) in [6, 6.07) is 8.29. The van der Waals surface area contributed by atoms with E-state index in [0.29, 0.717) is 4.83 Å². The minimum Gasteiger partial charge on any atom is -0.0884 e. The Morgan fingerprint density at radius 3 is 2.65 bits per heavy atom. The van der Waals surface area contributed by atoms with E-state index in [1.807, 2.05) is 6.07 Å². The Hall–Kier alpha value is -0.0100. The van der Waals surface area contributed by atoms with E-state index >= 15 is 0 Å². The molecule has 0 aliphatic heterocycles. The van der Waals surface area contributed by atoms with Crippen LogP contribution in [-0.2, 0) is 6.42 Å². The van der Waals surface area contributed by atoms with Crippen molar-refractivity contribution in [2.45, 2.75) is 63.1 Å². The molecule has 1 aliphatic carbocycles. The van der Waals surface area contributed by atoms with Crippen LogP contribution in [0.3, 0.4) is 0 Å². The minimum atomic E-state index is 0.605. The third-order valence-electron chi connectivity index (χ3n) is 4.69. The SMILES string of the molecule is CCCCC1CCC(C(Br)Cc2cccc(Cl)c2)CC1. The highest BCUT2D eigenvalue weighted by Crippen LogP contribution is 2.36. The van der Waals surface area contributed by atoms with E-state index in [0.717, 1.165) is 23.3 Å². The van der Waals surface area contributed by atoms with Gasteiger partial charge in [0.25, 0.3) is 0 Å². The molecule has 0 amide bonds. The topological polar surface area (TPSA) is 0 Å². The van der Waals surface area contributed by atoms with E-state index < -0.39 is 0 Å². The Balaban J connectivity index is 1.78. The zero-order valence-electron chi connectivity index (χ0n) is 12.5. The highest BCUT2D eigenvalue weighted by Gasteiger charge is 2.25. The van der Waals surface area contributed by atoms with Gasteiger partial charge >= 0.3 is 0 Å². The van der Waals surface area contributed by atoms with Crippen LogP contribution in [0.1, 0.15) is 57.4 Å². The van der Waals surface area contributed by atoms with Crippen molar-refractivity contribution in [1.82, 2.24) is 0 Å². The number of hydrogen-bond acceptors (Lipinski definition) is 0. The molecule has 1 saturated carbocycles. The van der Waals surface area contributed by atoms with E-state index in [-0.39, 0.29) is 0 Å². The summed E-state index contributed by atoms with van der Waals surface area (Å²) in [5.74, 6) is 1.84. The summed E-state index contributed by atoms with van der Waals surface area (Å²) in [7, 11) is 0. The van der Waals surface area contributed by atoms with E-state index in [1.165, 1.54) is 50.5 Å². The molecule has 20 heavy (non-hydrogen) atoms. The molecular weight excluding hydrogens is 332 g/mol. The van der Waals surface area contributed by atoms with Gasteiger partial charge in [-0.1, -0.05) is 78.7 Å². The Bertz CT molecular complexity index is 396. The van der Waals surface area contributed by atoms with Gasteiger partial charge in [0.1, 0.15) is 0 Å². The van der Waals surface area contributed by atoms with Crippen LogP contribution >= 0.6 is 27.5 Å². The molecule has 1 atom stereocenters. The average molecular weight is 358 g/mol. The average Bonchev–Trinajstić information content (AvgIpc) is 2.45. The fraction of sp³-hybridized carbons (Fsp3) is 0.667. The molecule has 0 spiro atoms. The van der Waals surface area contributed by atoms with Crippen molar-refractivity contribution in [1.29, 1.82) is 0 Å². The Morgan fingerprint density at radius 2 is 2.00 bits per heavy atom. The van der Waals surface area contributed by atoms with Crippen molar-refractivity contribution >= 4 is 27.5 Å². The molecule has 0 bridgehead atoms. The van der Waals surface area contributed by atoms with Crippen LogP contribution in [0.25, 0.3) is 0 Å². The van der Waals surface area contributed by atoms with Gasteiger partial charge in [-0.15, -0.1) is 0 Å². The van der Waals surface area contributed by atoms with Crippen LogP contribution in [0.2, 0.25) is 5.02 Å². The first kappa shape index (κ1) is 16.4. The molecule has 1 unspecified atom stereocenters. The van der Waals surface area contributed by atoms with Gasteiger partial charge in [0.2, 0.25) is 0 Å². The van der Waals surface area contributed by atoms with E-state index in [1.54, 1.807) is 0 Å². The molecule has 1 aromatic carbocycles. The van der Waals surface area contributed by atoms with Gasteiger partial charge in [-0.25, -0.2) is 0 Å². The normalized spacial score (nSPS) is 24.6. The maximum absolute atomic E-state index is 6.07. The second kappa shape index (κ2) is 8.44. The van der Waals surface area contributed by atoms with Crippen molar-refractivity contribution < 1.29 is 0 Å². The van der Waals surface area contributed by atoms with Crippen molar-refractivity contribution in [3.05, 3.63) is 34.9 Å². The molecule has 0 N–H and O–H groups in total. The van der Waals surface area contributed by atoms with Gasteiger partial charge in [-0.2, -0.15) is 0 Å². The molecule has 0 aromatic heterocycles. The van der Waals surface area contributed by atoms with Crippen molar-refractivity contribution in [3.63, 3.8) is 0 Å². The maximum atomic E-state index is 6.07. The number of rotatable bonds is 6. The van der Waals surface area contributed by atoms with Crippen LogP contribution in [0.5, 0.6) is 0 Å². The molecule has 2 rings (SSSR count). The summed E-state index contributed by atoms with van der Waals surface area (Å²) in [6.07, 6.45) is 11.0. The van der Waals surface area contributed by atoms with Crippen LogP contribution in [0.15, 0.2) is 24.3 Å². The number of unbranched alkanes of at least 4 members (excludes halogenated alkanes) is 1. The molecule has 1 aliphatic rings. The fourth-order valence-corrected chi connectivity index (χ4v) is 4.50. The summed E-state index contributed by atoms with van der Waals surface area (Å²) in [4.78, 5) is 0.605. The van der Waals surface area contributed by atoms with Gasteiger partial charge in [-0.3, -0.25) is 0 Å². The summed E-state index contributed by atoms with van der Waals surface area (Å²) in [6.45, 7) is 2.30. The number of benzene rings is 1. The largest absolute Gasteiger partial charge is 0.0884 e. The van der Waals surface area contributed by atoms with Gasteiger partial charge in [0.05, 0.1) is 0 Å². The quantitative estimate of drug-likeness (QED) is 0.500. The van der Waals surface area contributed by atoms with E-state index in [4.69, 9.17) is 11.6 Å². The standard InChI is InChI=1S/C18H26BrCl/c1-2-3-5-14-8-10-16(11-9-14)18(19)13-15-6-4-7-17(20)12-15/h4,6-7,12,14,16,18H,2-3,5,8-11,13H2,1H3. The van der Waals surface area contributed by atoms with Gasteiger partial charge in [0.15, 0.2) is 0 Å². The summed E-state index contributed by atoms with van der Waals surface area (Å²) in [5, 5.41) is 0.852. The zero-order valence-corrected chi connectivity index (χ0v) is 14.8. The molecule has 0 heterocycles. The fourth-order valence-electron chi connectivity index (χ4n) is 3.39. The predicted molar refractivity (Wildman–Crippen MR) is 92.8 cm³/mol. The molecule has 1 fully saturated rings. The van der Waals surface area contributed by atoms with Gasteiger partial charge < -0.3 is 0 Å². The maximum Gasteiger partial charge on any atom is 0.0408 e. The smallest absolute Gasteiger partial charge is 0.0408 e. The number of hydrogen-bond donors (Lipinski definition) is 0. The number of alkyl halides is 1. The Labute approximate surface area is 137 Å². The summed E-state index contributed by atoms with van der Waals surface area (Å²) in [5.41, 5.74) is 1.35. The van der Waals surface area contributed by atoms with E-state index in [2.05, 4.69) is 41.1 Å². The molecule has 112 valence electrons. The second-order valence-electron chi connectivity index (χ2n) is 6.27. The van der Waals surface area contributed by atoms with E-state index in [9.17, 15) is 0 Å². The monoisotopic (exact) mass is 356 g/mol. The second-order valence-corrected chi connectivity index (χ2v) is 7.89.